The highest BCUT2D eigenvalue weighted by atomic mass is 35.5. The van der Waals surface area contributed by atoms with Crippen LogP contribution in [0.25, 0.3) is 0 Å². The predicted octanol–water partition coefficient (Wildman–Crippen LogP) is 4.55. The van der Waals surface area contributed by atoms with Crippen molar-refractivity contribution >= 4 is 29.2 Å². The van der Waals surface area contributed by atoms with Crippen LogP contribution in [0.1, 0.15) is 24.1 Å². The SMILES string of the molecule is CC(NC(=O)NCc1cccc(Cl)c1)c1ccccc1Cl. The van der Waals surface area contributed by atoms with Gasteiger partial charge in [-0.1, -0.05) is 53.5 Å². The van der Waals surface area contributed by atoms with Crippen LogP contribution in [-0.2, 0) is 6.54 Å². The Morgan fingerprint density at radius 3 is 2.62 bits per heavy atom. The van der Waals surface area contributed by atoms with E-state index in [0.29, 0.717) is 16.6 Å². The van der Waals surface area contributed by atoms with Gasteiger partial charge in [-0.15, -0.1) is 0 Å². The Bertz CT molecular complexity index is 631. The molecule has 0 saturated heterocycles. The lowest BCUT2D eigenvalue weighted by Gasteiger charge is -2.16. The smallest absolute Gasteiger partial charge is 0.315 e. The van der Waals surface area contributed by atoms with Crippen molar-refractivity contribution in [2.45, 2.75) is 19.5 Å². The van der Waals surface area contributed by atoms with Crippen LogP contribution < -0.4 is 10.6 Å². The highest BCUT2D eigenvalue weighted by molar-refractivity contribution is 6.31. The lowest BCUT2D eigenvalue weighted by Crippen LogP contribution is -2.36. The van der Waals surface area contributed by atoms with Gasteiger partial charge in [0.05, 0.1) is 6.04 Å². The topological polar surface area (TPSA) is 41.1 Å². The van der Waals surface area contributed by atoms with Crippen LogP contribution in [-0.4, -0.2) is 6.03 Å². The molecular formula is C16H16Cl2N2O. The molecule has 2 rings (SSSR count). The molecule has 2 amide bonds. The molecule has 21 heavy (non-hydrogen) atoms. The number of carbonyl (C=O) groups excluding carboxylic acids is 1. The van der Waals surface area contributed by atoms with Crippen LogP contribution in [0.5, 0.6) is 0 Å². The van der Waals surface area contributed by atoms with Crippen molar-refractivity contribution in [1.29, 1.82) is 0 Å². The van der Waals surface area contributed by atoms with Gasteiger partial charge < -0.3 is 10.6 Å². The minimum atomic E-state index is -0.248. The van der Waals surface area contributed by atoms with Crippen molar-refractivity contribution in [3.05, 3.63) is 69.7 Å². The summed E-state index contributed by atoms with van der Waals surface area (Å²) >= 11 is 12.0. The van der Waals surface area contributed by atoms with Gasteiger partial charge in [0.15, 0.2) is 0 Å². The molecule has 110 valence electrons. The summed E-state index contributed by atoms with van der Waals surface area (Å²) in [6.07, 6.45) is 0. The third-order valence-electron chi connectivity index (χ3n) is 3.06. The maximum atomic E-state index is 11.9. The molecule has 5 heteroatoms. The maximum absolute atomic E-state index is 11.9. The van der Waals surface area contributed by atoms with Gasteiger partial charge in [0.2, 0.25) is 0 Å². The molecule has 0 aliphatic heterocycles. The van der Waals surface area contributed by atoms with Crippen molar-refractivity contribution in [2.75, 3.05) is 0 Å². The van der Waals surface area contributed by atoms with Crippen molar-refractivity contribution in [3.63, 3.8) is 0 Å². The van der Waals surface area contributed by atoms with Crippen LogP contribution in [0.4, 0.5) is 4.79 Å². The van der Waals surface area contributed by atoms with Gasteiger partial charge in [-0.2, -0.15) is 0 Å². The van der Waals surface area contributed by atoms with Crippen molar-refractivity contribution in [2.24, 2.45) is 0 Å². The summed E-state index contributed by atoms with van der Waals surface area (Å²) in [5.74, 6) is 0. The number of carbonyl (C=O) groups is 1. The Labute approximate surface area is 134 Å². The number of hydrogen-bond acceptors (Lipinski definition) is 1. The fourth-order valence-corrected chi connectivity index (χ4v) is 2.49. The summed E-state index contributed by atoms with van der Waals surface area (Å²) in [6, 6.07) is 14.4. The molecule has 0 saturated carbocycles. The second-order valence-electron chi connectivity index (χ2n) is 4.70. The molecule has 2 N–H and O–H groups in total. The van der Waals surface area contributed by atoms with E-state index in [1.165, 1.54) is 0 Å². The summed E-state index contributed by atoms with van der Waals surface area (Å²) in [6.45, 7) is 2.31. The molecule has 0 aliphatic rings. The third-order valence-corrected chi connectivity index (χ3v) is 3.64. The standard InChI is InChI=1S/C16H16Cl2N2O/c1-11(14-7-2-3-8-15(14)18)20-16(21)19-10-12-5-4-6-13(17)9-12/h2-9,11H,10H2,1H3,(H2,19,20,21). The zero-order valence-corrected chi connectivity index (χ0v) is 13.1. The number of hydrogen-bond donors (Lipinski definition) is 2. The second-order valence-corrected chi connectivity index (χ2v) is 5.54. The van der Waals surface area contributed by atoms with E-state index in [2.05, 4.69) is 10.6 Å². The first-order valence-corrected chi connectivity index (χ1v) is 7.35. The second kappa shape index (κ2) is 7.34. The highest BCUT2D eigenvalue weighted by Crippen LogP contribution is 2.21. The molecule has 1 atom stereocenters. The van der Waals surface area contributed by atoms with Crippen LogP contribution in [0.15, 0.2) is 48.5 Å². The number of amides is 2. The molecule has 0 aliphatic carbocycles. The number of nitrogens with one attached hydrogen (secondary N) is 2. The van der Waals surface area contributed by atoms with E-state index < -0.39 is 0 Å². The van der Waals surface area contributed by atoms with Gasteiger partial charge in [-0.3, -0.25) is 0 Å². The number of halogens is 2. The quantitative estimate of drug-likeness (QED) is 0.851. The molecule has 0 aromatic heterocycles. The van der Waals surface area contributed by atoms with E-state index in [4.69, 9.17) is 23.2 Å². The predicted molar refractivity (Wildman–Crippen MR) is 86.7 cm³/mol. The summed E-state index contributed by atoms with van der Waals surface area (Å²) in [4.78, 5) is 11.9. The van der Waals surface area contributed by atoms with E-state index in [9.17, 15) is 4.79 Å². The van der Waals surface area contributed by atoms with E-state index in [1.54, 1.807) is 12.1 Å². The van der Waals surface area contributed by atoms with Crippen molar-refractivity contribution in [3.8, 4) is 0 Å². The number of benzene rings is 2. The fraction of sp³-hybridized carbons (Fsp3) is 0.188. The fourth-order valence-electron chi connectivity index (χ4n) is 1.98. The van der Waals surface area contributed by atoms with Gasteiger partial charge >= 0.3 is 6.03 Å². The van der Waals surface area contributed by atoms with Crippen LogP contribution in [0, 0.1) is 0 Å². The molecule has 0 radical (unpaired) electrons. The van der Waals surface area contributed by atoms with Crippen molar-refractivity contribution in [1.82, 2.24) is 10.6 Å². The van der Waals surface area contributed by atoms with E-state index in [1.807, 2.05) is 43.3 Å². The lowest BCUT2D eigenvalue weighted by molar-refractivity contribution is 0.237. The van der Waals surface area contributed by atoms with Gasteiger partial charge in [-0.25, -0.2) is 4.79 Å². The highest BCUT2D eigenvalue weighted by Gasteiger charge is 2.11. The Kier molecular flexibility index (Phi) is 5.48. The number of urea groups is 1. The zero-order chi connectivity index (χ0) is 15.2. The monoisotopic (exact) mass is 322 g/mol. The van der Waals surface area contributed by atoms with Crippen LogP contribution in [0.3, 0.4) is 0 Å². The van der Waals surface area contributed by atoms with Gasteiger partial charge in [-0.05, 0) is 36.2 Å². The van der Waals surface area contributed by atoms with Gasteiger partial charge in [0.1, 0.15) is 0 Å². The first kappa shape index (κ1) is 15.7. The Morgan fingerprint density at radius 2 is 1.90 bits per heavy atom. The molecule has 0 heterocycles. The lowest BCUT2D eigenvalue weighted by atomic mass is 10.1. The third kappa shape index (κ3) is 4.66. The minimum absolute atomic E-state index is 0.168. The van der Waals surface area contributed by atoms with Gasteiger partial charge in [0.25, 0.3) is 0 Å². The Hall–Kier alpha value is -1.71. The molecule has 3 nitrogen and oxygen atoms in total. The Balaban J connectivity index is 1.89. The van der Waals surface area contributed by atoms with Crippen LogP contribution in [0.2, 0.25) is 10.0 Å². The molecular weight excluding hydrogens is 307 g/mol. The molecule has 0 bridgehead atoms. The molecule has 2 aromatic carbocycles. The molecule has 2 aromatic rings. The Morgan fingerprint density at radius 1 is 1.14 bits per heavy atom. The van der Waals surface area contributed by atoms with E-state index >= 15 is 0 Å². The molecule has 0 fully saturated rings. The summed E-state index contributed by atoms with van der Waals surface area (Å²) in [7, 11) is 0. The zero-order valence-electron chi connectivity index (χ0n) is 11.6. The minimum Gasteiger partial charge on any atom is -0.334 e. The normalized spacial score (nSPS) is 11.8. The van der Waals surface area contributed by atoms with Gasteiger partial charge in [0, 0.05) is 16.6 Å². The number of rotatable bonds is 4. The van der Waals surface area contributed by atoms with E-state index in [-0.39, 0.29) is 12.1 Å². The summed E-state index contributed by atoms with van der Waals surface area (Å²) < 4.78 is 0. The van der Waals surface area contributed by atoms with E-state index in [0.717, 1.165) is 11.1 Å². The average Bonchev–Trinajstić information content (AvgIpc) is 2.45. The molecule has 1 unspecified atom stereocenters. The first-order valence-electron chi connectivity index (χ1n) is 6.59. The first-order chi connectivity index (χ1) is 10.1. The van der Waals surface area contributed by atoms with Crippen molar-refractivity contribution < 1.29 is 4.79 Å². The van der Waals surface area contributed by atoms with Crippen LogP contribution >= 0.6 is 23.2 Å². The summed E-state index contributed by atoms with van der Waals surface area (Å²) in [5, 5.41) is 6.94. The summed E-state index contributed by atoms with van der Waals surface area (Å²) in [5.41, 5.74) is 1.83. The maximum Gasteiger partial charge on any atom is 0.315 e. The molecule has 0 spiro atoms. The largest absolute Gasteiger partial charge is 0.334 e. The average molecular weight is 323 g/mol.